The molecule has 0 saturated heterocycles. The molecule has 0 saturated carbocycles. The Morgan fingerprint density at radius 2 is 1.60 bits per heavy atom. The summed E-state index contributed by atoms with van der Waals surface area (Å²) in [5.41, 5.74) is 7.96. The Labute approximate surface area is 61.0 Å². The summed E-state index contributed by atoms with van der Waals surface area (Å²) in [5, 5.41) is 0. The van der Waals surface area contributed by atoms with Gasteiger partial charge in [0.15, 0.2) is 0 Å². The highest BCUT2D eigenvalue weighted by Gasteiger charge is 1.78. The van der Waals surface area contributed by atoms with Gasteiger partial charge in [-0.2, -0.15) is 0 Å². The zero-order valence-corrected chi connectivity index (χ0v) is 6.04. The fraction of sp³-hybridized carbons (Fsp3) is 0.143. The van der Waals surface area contributed by atoms with E-state index in [1.165, 1.54) is 7.05 Å². The van der Waals surface area contributed by atoms with Gasteiger partial charge in [0.25, 0.3) is 0 Å². The molecule has 56 valence electrons. The van der Waals surface area contributed by atoms with E-state index in [0.717, 1.165) is 5.69 Å². The lowest BCUT2D eigenvalue weighted by molar-refractivity contribution is 1.35. The Bertz CT molecular complexity index is 150. The van der Waals surface area contributed by atoms with Gasteiger partial charge in [-0.15, -0.1) is 0 Å². The predicted molar refractivity (Wildman–Crippen MR) is 44.4 cm³/mol. The number of nitrogens with one attached hydrogen (secondary N) is 1. The lowest BCUT2D eigenvalue weighted by Crippen LogP contribution is -2.05. The van der Waals surface area contributed by atoms with Gasteiger partial charge in [0.1, 0.15) is 0 Å². The minimum atomic E-state index is 0.938. The molecular formula is C7H13N3. The van der Waals surface area contributed by atoms with Crippen LogP contribution in [0.15, 0.2) is 30.3 Å². The fourth-order valence-electron chi connectivity index (χ4n) is 0.534. The van der Waals surface area contributed by atoms with E-state index >= 15 is 0 Å². The average molecular weight is 139 g/mol. The van der Waals surface area contributed by atoms with Crippen LogP contribution in [-0.4, -0.2) is 7.05 Å². The van der Waals surface area contributed by atoms with Crippen LogP contribution in [-0.2, 0) is 0 Å². The first-order valence-corrected chi connectivity index (χ1v) is 3.03. The van der Waals surface area contributed by atoms with Crippen LogP contribution in [0.5, 0.6) is 0 Å². The maximum absolute atomic E-state index is 5.10. The molecule has 0 bridgehead atoms. The Morgan fingerprint density at radius 1 is 1.10 bits per heavy atom. The van der Waals surface area contributed by atoms with Crippen molar-refractivity contribution in [3.05, 3.63) is 30.3 Å². The molecule has 0 heterocycles. The van der Waals surface area contributed by atoms with Gasteiger partial charge in [0.2, 0.25) is 0 Å². The van der Waals surface area contributed by atoms with E-state index in [-0.39, 0.29) is 0 Å². The van der Waals surface area contributed by atoms with Gasteiger partial charge in [-0.05, 0) is 19.2 Å². The lowest BCUT2D eigenvalue weighted by Gasteiger charge is -1.94. The van der Waals surface area contributed by atoms with Crippen molar-refractivity contribution in [2.45, 2.75) is 0 Å². The summed E-state index contributed by atoms with van der Waals surface area (Å²) in [6, 6.07) is 9.60. The molecule has 0 aliphatic heterocycles. The smallest absolute Gasteiger partial charge is 0.0485 e. The van der Waals surface area contributed by atoms with E-state index in [9.17, 15) is 0 Å². The zero-order chi connectivity index (χ0) is 7.82. The molecular weight excluding hydrogens is 126 g/mol. The van der Waals surface area contributed by atoms with Crippen LogP contribution >= 0.6 is 0 Å². The van der Waals surface area contributed by atoms with E-state index in [4.69, 9.17) is 5.84 Å². The van der Waals surface area contributed by atoms with Crippen LogP contribution in [0, 0.1) is 0 Å². The van der Waals surface area contributed by atoms with Crippen LogP contribution in [0.25, 0.3) is 0 Å². The van der Waals surface area contributed by atoms with E-state index in [2.05, 4.69) is 11.2 Å². The lowest BCUT2D eigenvalue weighted by atomic mass is 10.3. The van der Waals surface area contributed by atoms with Crippen molar-refractivity contribution in [2.24, 2.45) is 11.6 Å². The second-order valence-corrected chi connectivity index (χ2v) is 1.51. The predicted octanol–water partition coefficient (Wildman–Crippen LogP) is 0.547. The molecule has 0 radical (unpaired) electrons. The summed E-state index contributed by atoms with van der Waals surface area (Å²) < 4.78 is 0. The summed E-state index contributed by atoms with van der Waals surface area (Å²) in [5.74, 6) is 5.10. The molecule has 0 spiro atoms. The molecule has 1 rings (SSSR count). The van der Waals surface area contributed by atoms with Gasteiger partial charge in [0.05, 0.1) is 0 Å². The largest absolute Gasteiger partial charge is 0.333 e. The van der Waals surface area contributed by atoms with Crippen molar-refractivity contribution in [1.29, 1.82) is 0 Å². The minimum Gasteiger partial charge on any atom is -0.333 e. The summed E-state index contributed by atoms with van der Waals surface area (Å²) in [7, 11) is 1.50. The summed E-state index contributed by atoms with van der Waals surface area (Å²) in [4.78, 5) is 0. The van der Waals surface area contributed by atoms with Crippen LogP contribution in [0.4, 0.5) is 5.69 Å². The Hall–Kier alpha value is -1.06. The highest BCUT2D eigenvalue weighted by Crippen LogP contribution is 2.00. The highest BCUT2D eigenvalue weighted by atomic mass is 15.2. The second-order valence-electron chi connectivity index (χ2n) is 1.51. The maximum Gasteiger partial charge on any atom is 0.0485 e. The van der Waals surface area contributed by atoms with Crippen LogP contribution in [0.3, 0.4) is 0 Å². The maximum atomic E-state index is 5.10. The van der Waals surface area contributed by atoms with E-state index in [0.29, 0.717) is 0 Å². The van der Waals surface area contributed by atoms with Gasteiger partial charge in [-0.1, -0.05) is 18.2 Å². The van der Waals surface area contributed by atoms with E-state index < -0.39 is 0 Å². The molecule has 5 N–H and O–H groups in total. The number of hydrazine groups is 1. The molecule has 0 aliphatic carbocycles. The number of para-hydroxylation sites is 1. The number of rotatable bonds is 1. The molecule has 0 aromatic heterocycles. The molecule has 1 aromatic carbocycles. The number of anilines is 1. The third-order valence-electron chi connectivity index (χ3n) is 0.940. The fourth-order valence-corrected chi connectivity index (χ4v) is 0.534. The van der Waals surface area contributed by atoms with Crippen LogP contribution < -0.4 is 17.0 Å². The monoisotopic (exact) mass is 139 g/mol. The molecule has 0 atom stereocenters. The van der Waals surface area contributed by atoms with Crippen molar-refractivity contribution in [3.8, 4) is 0 Å². The standard InChI is InChI=1S/C6H8N2.CH5N/c7-8-6-4-2-1-3-5-6;1-2/h1-5,8H,7H2;2H2,1H3. The minimum absolute atomic E-state index is 0.938. The van der Waals surface area contributed by atoms with Crippen molar-refractivity contribution in [2.75, 3.05) is 12.5 Å². The van der Waals surface area contributed by atoms with Crippen LogP contribution in [0.2, 0.25) is 0 Å². The number of hydrogen-bond donors (Lipinski definition) is 3. The van der Waals surface area contributed by atoms with Crippen molar-refractivity contribution >= 4 is 5.69 Å². The number of nitrogens with two attached hydrogens (primary N) is 2. The molecule has 3 heteroatoms. The van der Waals surface area contributed by atoms with Crippen LogP contribution in [0.1, 0.15) is 0 Å². The topological polar surface area (TPSA) is 64.1 Å². The zero-order valence-electron chi connectivity index (χ0n) is 6.04. The first kappa shape index (κ1) is 8.94. The number of benzene rings is 1. The molecule has 1 aromatic rings. The average Bonchev–Trinajstić information content (AvgIpc) is 2.10. The third-order valence-corrected chi connectivity index (χ3v) is 0.940. The highest BCUT2D eigenvalue weighted by molar-refractivity contribution is 5.40. The molecule has 0 unspecified atom stereocenters. The Morgan fingerprint density at radius 3 is 1.90 bits per heavy atom. The molecule has 0 aliphatic rings. The van der Waals surface area contributed by atoms with E-state index in [1.807, 2.05) is 30.3 Å². The van der Waals surface area contributed by atoms with Crippen molar-refractivity contribution in [3.63, 3.8) is 0 Å². The third kappa shape index (κ3) is 3.06. The first-order valence-electron chi connectivity index (χ1n) is 3.03. The Balaban J connectivity index is 0.000000371. The normalized spacial score (nSPS) is 7.50. The van der Waals surface area contributed by atoms with E-state index in [1.54, 1.807) is 0 Å². The summed E-state index contributed by atoms with van der Waals surface area (Å²) in [6.45, 7) is 0. The molecule has 10 heavy (non-hydrogen) atoms. The van der Waals surface area contributed by atoms with Gasteiger partial charge >= 0.3 is 0 Å². The van der Waals surface area contributed by atoms with Gasteiger partial charge in [-0.25, -0.2) is 0 Å². The van der Waals surface area contributed by atoms with Gasteiger partial charge < -0.3 is 11.2 Å². The van der Waals surface area contributed by atoms with Crippen molar-refractivity contribution < 1.29 is 0 Å². The summed E-state index contributed by atoms with van der Waals surface area (Å²) >= 11 is 0. The SMILES string of the molecule is CN.NNc1ccccc1. The van der Waals surface area contributed by atoms with Gasteiger partial charge in [-0.3, -0.25) is 5.84 Å². The molecule has 3 nitrogen and oxygen atoms in total. The second kappa shape index (κ2) is 6.07. The summed E-state index contributed by atoms with van der Waals surface area (Å²) in [6.07, 6.45) is 0. The molecule has 0 fully saturated rings. The quantitative estimate of drug-likeness (QED) is 0.393. The van der Waals surface area contributed by atoms with Crippen molar-refractivity contribution in [1.82, 2.24) is 0 Å². The number of hydrogen-bond acceptors (Lipinski definition) is 3. The number of nitrogen functional groups attached to an aromatic ring is 1. The van der Waals surface area contributed by atoms with Gasteiger partial charge in [0, 0.05) is 5.69 Å². The molecule has 0 amide bonds. The Kier molecular flexibility index (Phi) is 5.42. The first-order chi connectivity index (χ1) is 4.93.